The van der Waals surface area contributed by atoms with Gasteiger partial charge < -0.3 is 5.32 Å². The zero-order valence-corrected chi connectivity index (χ0v) is 10.5. The predicted octanol–water partition coefficient (Wildman–Crippen LogP) is 1.60. The molecule has 2 rings (SSSR count). The molecule has 3 nitrogen and oxygen atoms in total. The van der Waals surface area contributed by atoms with Gasteiger partial charge in [0, 0.05) is 6.04 Å². The zero-order chi connectivity index (χ0) is 12.5. The highest BCUT2D eigenvalue weighted by Crippen LogP contribution is 2.33. The molecule has 0 amide bonds. The van der Waals surface area contributed by atoms with Crippen molar-refractivity contribution in [3.05, 3.63) is 30.1 Å². The molecule has 1 N–H and O–H groups in total. The van der Waals surface area contributed by atoms with E-state index in [1.54, 1.807) is 7.05 Å². The first kappa shape index (κ1) is 12.5. The first-order valence-corrected chi connectivity index (χ1v) is 7.34. The molecular weight excluding hydrogens is 241 g/mol. The Labute approximate surface area is 101 Å². The molecule has 5 heteroatoms. The van der Waals surface area contributed by atoms with Crippen LogP contribution in [-0.2, 0) is 9.84 Å². The molecule has 0 aromatic heterocycles. The smallest absolute Gasteiger partial charge is 0.180 e. The third-order valence-corrected chi connectivity index (χ3v) is 4.89. The lowest BCUT2D eigenvalue weighted by Gasteiger charge is -2.15. The number of rotatable bonds is 5. The number of hydrogen-bond donors (Lipinski definition) is 1. The van der Waals surface area contributed by atoms with Crippen LogP contribution in [0.25, 0.3) is 0 Å². The van der Waals surface area contributed by atoms with E-state index in [0.29, 0.717) is 5.92 Å². The monoisotopic (exact) mass is 257 g/mol. The van der Waals surface area contributed by atoms with Gasteiger partial charge in [0.2, 0.25) is 0 Å². The van der Waals surface area contributed by atoms with Gasteiger partial charge in [0.1, 0.15) is 5.82 Å². The molecule has 1 aliphatic carbocycles. The third-order valence-electron chi connectivity index (χ3n) is 3.12. The van der Waals surface area contributed by atoms with E-state index in [4.69, 9.17) is 0 Å². The quantitative estimate of drug-likeness (QED) is 0.871. The lowest BCUT2D eigenvalue weighted by Crippen LogP contribution is -2.34. The number of nitrogens with one attached hydrogen (secondary N) is 1. The van der Waals surface area contributed by atoms with Gasteiger partial charge in [0.05, 0.1) is 10.6 Å². The molecule has 0 aliphatic heterocycles. The molecule has 1 atom stereocenters. The van der Waals surface area contributed by atoms with Gasteiger partial charge in [0.15, 0.2) is 9.84 Å². The largest absolute Gasteiger partial charge is 0.316 e. The van der Waals surface area contributed by atoms with Crippen LogP contribution >= 0.6 is 0 Å². The molecule has 0 radical (unpaired) electrons. The van der Waals surface area contributed by atoms with Crippen molar-refractivity contribution < 1.29 is 12.8 Å². The molecule has 17 heavy (non-hydrogen) atoms. The van der Waals surface area contributed by atoms with Gasteiger partial charge in [-0.25, -0.2) is 12.8 Å². The molecule has 1 saturated carbocycles. The van der Waals surface area contributed by atoms with Crippen LogP contribution in [0.1, 0.15) is 12.8 Å². The number of sulfone groups is 1. The normalized spacial score (nSPS) is 18.0. The minimum Gasteiger partial charge on any atom is -0.316 e. The van der Waals surface area contributed by atoms with Crippen molar-refractivity contribution in [2.45, 2.75) is 23.8 Å². The average Bonchev–Trinajstić information content (AvgIpc) is 3.10. The summed E-state index contributed by atoms with van der Waals surface area (Å²) in [5, 5.41) is 3.03. The van der Waals surface area contributed by atoms with Crippen LogP contribution in [-0.4, -0.2) is 27.3 Å². The van der Waals surface area contributed by atoms with Gasteiger partial charge in [-0.2, -0.15) is 0 Å². The average molecular weight is 257 g/mol. The SMILES string of the molecule is CNC(CS(=O)(=O)c1cccc(F)c1)C1CC1. The Hall–Kier alpha value is -0.940. The third kappa shape index (κ3) is 3.04. The van der Waals surface area contributed by atoms with Crippen LogP contribution < -0.4 is 5.32 Å². The van der Waals surface area contributed by atoms with Gasteiger partial charge in [-0.3, -0.25) is 0 Å². The van der Waals surface area contributed by atoms with E-state index in [1.807, 2.05) is 0 Å². The van der Waals surface area contributed by atoms with Crippen LogP contribution in [0.15, 0.2) is 29.2 Å². The summed E-state index contributed by atoms with van der Waals surface area (Å²) in [6, 6.07) is 5.17. The summed E-state index contributed by atoms with van der Waals surface area (Å²) in [4.78, 5) is 0.0680. The molecule has 0 spiro atoms. The Morgan fingerprint density at radius 3 is 2.71 bits per heavy atom. The van der Waals surface area contributed by atoms with Crippen LogP contribution in [0.5, 0.6) is 0 Å². The van der Waals surface area contributed by atoms with Crippen molar-refractivity contribution >= 4 is 9.84 Å². The number of benzene rings is 1. The van der Waals surface area contributed by atoms with Crippen molar-refractivity contribution in [3.63, 3.8) is 0 Å². The lowest BCUT2D eigenvalue weighted by molar-refractivity contribution is 0.526. The molecule has 1 aliphatic rings. The van der Waals surface area contributed by atoms with Crippen molar-refractivity contribution in [1.29, 1.82) is 0 Å². The fourth-order valence-corrected chi connectivity index (χ4v) is 3.63. The summed E-state index contributed by atoms with van der Waals surface area (Å²) >= 11 is 0. The van der Waals surface area contributed by atoms with Gasteiger partial charge in [0.25, 0.3) is 0 Å². The highest BCUT2D eigenvalue weighted by atomic mass is 32.2. The molecular formula is C12H16FNO2S. The standard InChI is InChI=1S/C12H16FNO2S/c1-14-12(9-5-6-9)8-17(15,16)11-4-2-3-10(13)7-11/h2-4,7,9,12,14H,5-6,8H2,1H3. The maximum Gasteiger partial charge on any atom is 0.180 e. The summed E-state index contributed by atoms with van der Waals surface area (Å²) < 4.78 is 37.2. The van der Waals surface area contributed by atoms with E-state index < -0.39 is 15.7 Å². The fraction of sp³-hybridized carbons (Fsp3) is 0.500. The minimum absolute atomic E-state index is 0.0248. The summed E-state index contributed by atoms with van der Waals surface area (Å²) in [5.74, 6) is -0.0284. The van der Waals surface area contributed by atoms with Crippen molar-refractivity contribution in [2.24, 2.45) is 5.92 Å². The van der Waals surface area contributed by atoms with Crippen molar-refractivity contribution in [2.75, 3.05) is 12.8 Å². The van der Waals surface area contributed by atoms with Crippen LogP contribution in [0, 0.1) is 11.7 Å². The van der Waals surface area contributed by atoms with Crippen molar-refractivity contribution in [1.82, 2.24) is 5.32 Å². The minimum atomic E-state index is -3.40. The summed E-state index contributed by atoms with van der Waals surface area (Å²) in [7, 11) is -1.63. The second kappa shape index (κ2) is 4.74. The molecule has 94 valence electrons. The van der Waals surface area contributed by atoms with Crippen LogP contribution in [0.3, 0.4) is 0 Å². The molecule has 0 saturated heterocycles. The first-order chi connectivity index (χ1) is 8.03. The Morgan fingerprint density at radius 1 is 1.47 bits per heavy atom. The molecule has 0 heterocycles. The lowest BCUT2D eigenvalue weighted by atomic mass is 10.2. The second-order valence-electron chi connectivity index (χ2n) is 4.47. The topological polar surface area (TPSA) is 46.2 Å². The molecule has 1 unspecified atom stereocenters. The van der Waals surface area contributed by atoms with E-state index in [9.17, 15) is 12.8 Å². The van der Waals surface area contributed by atoms with E-state index in [1.165, 1.54) is 18.2 Å². The summed E-state index contributed by atoms with van der Waals surface area (Å²) in [6.07, 6.45) is 2.15. The van der Waals surface area contributed by atoms with E-state index in [2.05, 4.69) is 5.32 Å². The second-order valence-corrected chi connectivity index (χ2v) is 6.51. The Bertz CT molecular complexity index is 497. The zero-order valence-electron chi connectivity index (χ0n) is 9.69. The maximum absolute atomic E-state index is 13.0. The first-order valence-electron chi connectivity index (χ1n) is 5.68. The van der Waals surface area contributed by atoms with Crippen LogP contribution in [0.4, 0.5) is 4.39 Å². The molecule has 1 aromatic carbocycles. The highest BCUT2D eigenvalue weighted by molar-refractivity contribution is 7.91. The Morgan fingerprint density at radius 2 is 2.18 bits per heavy atom. The van der Waals surface area contributed by atoms with Crippen LogP contribution in [0.2, 0.25) is 0 Å². The highest BCUT2D eigenvalue weighted by Gasteiger charge is 2.33. The Balaban J connectivity index is 2.18. The molecule has 0 bridgehead atoms. The van der Waals surface area contributed by atoms with E-state index in [0.717, 1.165) is 18.9 Å². The van der Waals surface area contributed by atoms with Gasteiger partial charge in [-0.05, 0) is 44.0 Å². The van der Waals surface area contributed by atoms with Gasteiger partial charge >= 0.3 is 0 Å². The van der Waals surface area contributed by atoms with Gasteiger partial charge in [-0.1, -0.05) is 6.07 Å². The van der Waals surface area contributed by atoms with Crippen molar-refractivity contribution in [3.8, 4) is 0 Å². The Kier molecular flexibility index (Phi) is 3.49. The van der Waals surface area contributed by atoms with E-state index in [-0.39, 0.29) is 16.7 Å². The van der Waals surface area contributed by atoms with Gasteiger partial charge in [-0.15, -0.1) is 0 Å². The summed E-state index contributed by atoms with van der Waals surface area (Å²) in [5.41, 5.74) is 0. The number of halogens is 1. The maximum atomic E-state index is 13.0. The number of hydrogen-bond acceptors (Lipinski definition) is 3. The van der Waals surface area contributed by atoms with E-state index >= 15 is 0 Å². The molecule has 1 fully saturated rings. The summed E-state index contributed by atoms with van der Waals surface area (Å²) in [6.45, 7) is 0. The molecule has 1 aromatic rings. The predicted molar refractivity (Wildman–Crippen MR) is 64.0 cm³/mol. The fourth-order valence-electron chi connectivity index (χ4n) is 1.95.